The van der Waals surface area contributed by atoms with E-state index in [1.54, 1.807) is 0 Å². The summed E-state index contributed by atoms with van der Waals surface area (Å²) in [5.74, 6) is 2.05. The SMILES string of the molecule is CC(C)(C)C1=CN(c2[c-]c(Oc3[c-]c4c(cc3)c3ccccc3n4-c3cc(C(C)(C)c4ccccc4)ccn3)ccc2)[CH-]N1c1cc(-c2ccccc2)cc(C(C)(C)C)c1.[Pt]. The van der Waals surface area contributed by atoms with Crippen LogP contribution in [0.25, 0.3) is 38.8 Å². The molecule has 0 aliphatic carbocycles. The first-order valence-corrected chi connectivity index (χ1v) is 20.8. The Morgan fingerprint density at radius 2 is 1.28 bits per heavy atom. The molecule has 1 aliphatic heterocycles. The van der Waals surface area contributed by atoms with E-state index in [0.29, 0.717) is 11.5 Å². The Hall–Kier alpha value is -5.90. The molecule has 2 aromatic heterocycles. The largest absolute Gasteiger partial charge is 0.509 e. The molecule has 0 saturated carbocycles. The van der Waals surface area contributed by atoms with Crippen LogP contribution < -0.4 is 14.5 Å². The Morgan fingerprint density at radius 1 is 0.574 bits per heavy atom. The second kappa shape index (κ2) is 16.2. The average molecular weight is 979 g/mol. The van der Waals surface area contributed by atoms with E-state index in [9.17, 15) is 0 Å². The van der Waals surface area contributed by atoms with Crippen molar-refractivity contribution in [1.29, 1.82) is 0 Å². The van der Waals surface area contributed by atoms with Gasteiger partial charge in [-0.3, -0.25) is 0 Å². The second-order valence-corrected chi connectivity index (χ2v) is 18.4. The summed E-state index contributed by atoms with van der Waals surface area (Å²) in [5, 5.41) is 2.22. The van der Waals surface area contributed by atoms with Crippen LogP contribution in [0, 0.1) is 24.2 Å². The first kappa shape index (κ1) is 41.8. The molecule has 0 saturated heterocycles. The zero-order chi connectivity index (χ0) is 41.8. The van der Waals surface area contributed by atoms with Gasteiger partial charge < -0.3 is 19.1 Å². The van der Waals surface area contributed by atoms with E-state index < -0.39 is 0 Å². The molecule has 0 fully saturated rings. The minimum Gasteiger partial charge on any atom is -0.509 e. The van der Waals surface area contributed by atoms with Gasteiger partial charge >= 0.3 is 0 Å². The van der Waals surface area contributed by atoms with E-state index in [2.05, 4.69) is 222 Å². The van der Waals surface area contributed by atoms with Crippen LogP contribution in [0.2, 0.25) is 0 Å². The van der Waals surface area contributed by atoms with Crippen molar-refractivity contribution in [3.63, 3.8) is 0 Å². The van der Waals surface area contributed by atoms with Gasteiger partial charge in [-0.15, -0.1) is 48.1 Å². The maximum absolute atomic E-state index is 6.61. The number of hydrogen-bond donors (Lipinski definition) is 0. The normalized spacial score (nSPS) is 13.4. The summed E-state index contributed by atoms with van der Waals surface area (Å²) in [6.45, 7) is 20.3. The van der Waals surface area contributed by atoms with Gasteiger partial charge in [0.15, 0.2) is 0 Å². The molecule has 0 unspecified atom stereocenters. The third-order valence-corrected chi connectivity index (χ3v) is 11.7. The third-order valence-electron chi connectivity index (χ3n) is 11.7. The standard InChI is InChI=1S/C55H51N4O.Pt/c1-53(2,3)42-30-39(38-18-11-9-12-19-38)31-44(32-42)58-37-57(36-51(58)54(4,5)6)43-22-17-23-45(34-43)60-46-26-27-48-47-24-15-16-25-49(47)59(50(48)35-46)52-33-41(28-29-56-52)55(7,8)40-20-13-10-14-21-40;/h9-33,36-37H,1-8H3;/q-3;. The van der Waals surface area contributed by atoms with E-state index in [1.165, 1.54) is 33.5 Å². The number of nitrogens with zero attached hydrogens (tertiary/aromatic N) is 4. The number of rotatable bonds is 8. The summed E-state index contributed by atoms with van der Waals surface area (Å²) in [7, 11) is 0. The molecule has 6 heteroatoms. The van der Waals surface area contributed by atoms with Gasteiger partial charge in [-0.05, 0) is 75.2 Å². The first-order valence-electron chi connectivity index (χ1n) is 20.8. The minimum atomic E-state index is -0.218. The summed E-state index contributed by atoms with van der Waals surface area (Å²) < 4.78 is 8.81. The monoisotopic (exact) mass is 978 g/mol. The van der Waals surface area contributed by atoms with Crippen LogP contribution in [0.4, 0.5) is 11.4 Å². The Bertz CT molecular complexity index is 2880. The number of ether oxygens (including phenoxy) is 1. The van der Waals surface area contributed by atoms with Crippen molar-refractivity contribution in [2.24, 2.45) is 5.41 Å². The first-order chi connectivity index (χ1) is 28.7. The predicted molar refractivity (Wildman–Crippen MR) is 249 cm³/mol. The number of anilines is 2. The topological polar surface area (TPSA) is 33.5 Å². The number of aromatic nitrogens is 2. The van der Waals surface area contributed by atoms with Gasteiger partial charge in [-0.25, -0.2) is 4.98 Å². The quantitative estimate of drug-likeness (QED) is 0.142. The maximum atomic E-state index is 6.61. The van der Waals surface area contributed by atoms with E-state index in [1.807, 2.05) is 24.4 Å². The fraction of sp³-hybridized carbons (Fsp3) is 0.200. The zero-order valence-corrected chi connectivity index (χ0v) is 38.4. The van der Waals surface area contributed by atoms with E-state index >= 15 is 0 Å². The molecule has 3 heterocycles. The van der Waals surface area contributed by atoms with Gasteiger partial charge in [-0.2, -0.15) is 12.1 Å². The summed E-state index contributed by atoms with van der Waals surface area (Å²) >= 11 is 0. The number of pyridine rings is 1. The molecule has 0 amide bonds. The molecule has 0 radical (unpaired) electrons. The summed E-state index contributed by atoms with van der Waals surface area (Å²) in [6, 6.07) is 58.4. The van der Waals surface area contributed by atoms with E-state index in [4.69, 9.17) is 9.72 Å². The van der Waals surface area contributed by atoms with Crippen molar-refractivity contribution in [3.8, 4) is 28.4 Å². The number of benzene rings is 6. The van der Waals surface area contributed by atoms with Crippen molar-refractivity contribution >= 4 is 33.2 Å². The average Bonchev–Trinajstić information content (AvgIpc) is 3.85. The van der Waals surface area contributed by atoms with Gasteiger partial charge in [0, 0.05) is 66.5 Å². The number of para-hydroxylation sites is 1. The van der Waals surface area contributed by atoms with Crippen molar-refractivity contribution in [2.45, 2.75) is 66.2 Å². The summed E-state index contributed by atoms with van der Waals surface area (Å²) in [5.41, 5.74) is 10.9. The minimum absolute atomic E-state index is 0. The van der Waals surface area contributed by atoms with Crippen LogP contribution in [-0.2, 0) is 31.9 Å². The molecular weight excluding hydrogens is 928 g/mol. The van der Waals surface area contributed by atoms with Crippen molar-refractivity contribution in [3.05, 3.63) is 199 Å². The molecule has 310 valence electrons. The van der Waals surface area contributed by atoms with Crippen LogP contribution in [0.5, 0.6) is 11.5 Å². The molecule has 5 nitrogen and oxygen atoms in total. The molecule has 9 rings (SSSR count). The molecule has 61 heavy (non-hydrogen) atoms. The maximum Gasteiger partial charge on any atom is 0.135 e. The number of allylic oxidation sites excluding steroid dienone is 1. The van der Waals surface area contributed by atoms with Crippen molar-refractivity contribution < 1.29 is 25.8 Å². The Kier molecular flexibility index (Phi) is 11.1. The fourth-order valence-corrected chi connectivity index (χ4v) is 8.17. The predicted octanol–water partition coefficient (Wildman–Crippen LogP) is 14.2. The molecule has 0 atom stereocenters. The van der Waals surface area contributed by atoms with Crippen molar-refractivity contribution in [1.82, 2.24) is 9.55 Å². The molecule has 1 aliphatic rings. The third kappa shape index (κ3) is 8.17. The fourth-order valence-electron chi connectivity index (χ4n) is 8.17. The van der Waals surface area contributed by atoms with Crippen LogP contribution in [0.15, 0.2) is 164 Å². The number of hydrogen-bond acceptors (Lipinski definition) is 4. The zero-order valence-electron chi connectivity index (χ0n) is 36.1. The van der Waals surface area contributed by atoms with E-state index in [-0.39, 0.29) is 37.3 Å². The Morgan fingerprint density at radius 3 is 2.02 bits per heavy atom. The van der Waals surface area contributed by atoms with Crippen LogP contribution in [0.3, 0.4) is 0 Å². The smallest absolute Gasteiger partial charge is 0.135 e. The van der Waals surface area contributed by atoms with Gasteiger partial charge in [0.05, 0.1) is 0 Å². The van der Waals surface area contributed by atoms with Crippen LogP contribution in [0.1, 0.15) is 72.1 Å². The number of fused-ring (bicyclic) bond motifs is 3. The van der Waals surface area contributed by atoms with Crippen LogP contribution >= 0.6 is 0 Å². The molecule has 0 spiro atoms. The van der Waals surface area contributed by atoms with Crippen LogP contribution in [-0.4, -0.2) is 9.55 Å². The van der Waals surface area contributed by atoms with Gasteiger partial charge in [0.1, 0.15) is 5.82 Å². The van der Waals surface area contributed by atoms with Gasteiger partial charge in [-0.1, -0.05) is 146 Å². The molecule has 8 aromatic rings. The molecular formula is C55H51N4OPt-3. The summed E-state index contributed by atoms with van der Waals surface area (Å²) in [6.07, 6.45) is 4.13. The summed E-state index contributed by atoms with van der Waals surface area (Å²) in [4.78, 5) is 9.40. The van der Waals surface area contributed by atoms with Crippen molar-refractivity contribution in [2.75, 3.05) is 9.80 Å². The second-order valence-electron chi connectivity index (χ2n) is 18.4. The Labute approximate surface area is 375 Å². The van der Waals surface area contributed by atoms with E-state index in [0.717, 1.165) is 39.0 Å². The molecule has 6 aromatic carbocycles. The van der Waals surface area contributed by atoms with Gasteiger partial charge in [0.25, 0.3) is 0 Å². The molecule has 0 N–H and O–H groups in total. The Balaban J connectivity index is 0.00000514. The molecule has 0 bridgehead atoms. The van der Waals surface area contributed by atoms with Gasteiger partial charge in [0.2, 0.25) is 0 Å².